The Morgan fingerprint density at radius 1 is 0.955 bits per heavy atom. The van der Waals surface area contributed by atoms with Gasteiger partial charge in [-0.05, 0) is 80.2 Å². The minimum absolute atomic E-state index is 0.0681. The van der Waals surface area contributed by atoms with Crippen LogP contribution in [0.5, 0.6) is 0 Å². The zero-order valence-electron chi connectivity index (χ0n) is 24.2. The maximum absolute atomic E-state index is 13.8. The van der Waals surface area contributed by atoms with Gasteiger partial charge in [0, 0.05) is 71.9 Å². The molecule has 3 aromatic carbocycles. The van der Waals surface area contributed by atoms with E-state index in [1.54, 1.807) is 24.4 Å². The molecule has 0 bridgehead atoms. The van der Waals surface area contributed by atoms with Gasteiger partial charge in [-0.2, -0.15) is 13.2 Å². The second-order valence-corrected chi connectivity index (χ2v) is 11.1. The van der Waals surface area contributed by atoms with Gasteiger partial charge in [0.25, 0.3) is 11.8 Å². The number of rotatable bonds is 6. The third-order valence-corrected chi connectivity index (χ3v) is 7.87. The zero-order valence-corrected chi connectivity index (χ0v) is 24.2. The van der Waals surface area contributed by atoms with Crippen molar-refractivity contribution in [2.75, 3.05) is 54.1 Å². The molecule has 0 saturated carbocycles. The van der Waals surface area contributed by atoms with Gasteiger partial charge in [0.1, 0.15) is 0 Å². The first-order chi connectivity index (χ1) is 21.0. The number of amides is 2. The largest absolute Gasteiger partial charge is 0.416 e. The lowest BCUT2D eigenvalue weighted by Gasteiger charge is -2.34. The Morgan fingerprint density at radius 2 is 1.73 bits per heavy atom. The minimum Gasteiger partial charge on any atom is -0.369 e. The number of nitrogens with zero attached hydrogens (tertiary/aromatic N) is 2. The molecule has 0 atom stereocenters. The van der Waals surface area contributed by atoms with Gasteiger partial charge in [0.2, 0.25) is 0 Å². The smallest absolute Gasteiger partial charge is 0.369 e. The SMILES string of the molecule is Cc1ccc(NC(=O)c2cc(N3CCN(C)CC3)cc(C(F)(F)F)c2)cc1Nc1ccc2c(c1)NC(=O)/C2=C\c1ccc[nH]1. The van der Waals surface area contributed by atoms with Crippen LogP contribution in [-0.2, 0) is 11.0 Å². The summed E-state index contributed by atoms with van der Waals surface area (Å²) < 4.78 is 41.4. The van der Waals surface area contributed by atoms with Crippen LogP contribution in [0.2, 0.25) is 0 Å². The quantitative estimate of drug-likeness (QED) is 0.188. The topological polar surface area (TPSA) is 92.5 Å². The van der Waals surface area contributed by atoms with Crippen molar-refractivity contribution in [3.8, 4) is 0 Å². The molecule has 0 aliphatic carbocycles. The highest BCUT2D eigenvalue weighted by Gasteiger charge is 2.33. The first kappa shape index (κ1) is 29.1. The lowest BCUT2D eigenvalue weighted by atomic mass is 10.1. The van der Waals surface area contributed by atoms with Gasteiger partial charge in [-0.25, -0.2) is 0 Å². The zero-order chi connectivity index (χ0) is 31.0. The van der Waals surface area contributed by atoms with Crippen molar-refractivity contribution in [1.29, 1.82) is 0 Å². The first-order valence-corrected chi connectivity index (χ1v) is 14.2. The van der Waals surface area contributed by atoms with E-state index in [1.165, 1.54) is 6.07 Å². The fourth-order valence-corrected chi connectivity index (χ4v) is 5.35. The molecule has 11 heteroatoms. The summed E-state index contributed by atoms with van der Waals surface area (Å²) in [6, 6.07) is 18.0. The Kier molecular flexibility index (Phi) is 7.64. The monoisotopic (exact) mass is 600 g/mol. The number of carbonyl (C=O) groups is 2. The number of piperazine rings is 1. The third kappa shape index (κ3) is 6.18. The minimum atomic E-state index is -4.59. The summed E-state index contributed by atoms with van der Waals surface area (Å²) in [4.78, 5) is 32.9. The predicted molar refractivity (Wildman–Crippen MR) is 167 cm³/mol. The van der Waals surface area contributed by atoms with E-state index in [0.29, 0.717) is 47.1 Å². The van der Waals surface area contributed by atoms with Crippen LogP contribution in [0, 0.1) is 6.92 Å². The maximum Gasteiger partial charge on any atom is 0.416 e. The Bertz CT molecular complexity index is 1760. The number of carbonyl (C=O) groups excluding carboxylic acids is 2. The molecule has 1 aromatic heterocycles. The Hall–Kier alpha value is -5.03. The highest BCUT2D eigenvalue weighted by Crippen LogP contribution is 2.37. The number of aromatic nitrogens is 1. The molecule has 4 N–H and O–H groups in total. The molecule has 0 unspecified atom stereocenters. The summed E-state index contributed by atoms with van der Waals surface area (Å²) in [7, 11) is 1.97. The van der Waals surface area contributed by atoms with E-state index < -0.39 is 17.6 Å². The Balaban J connectivity index is 1.22. The molecule has 1 fully saturated rings. The fourth-order valence-electron chi connectivity index (χ4n) is 5.35. The molecule has 8 nitrogen and oxygen atoms in total. The van der Waals surface area contributed by atoms with Crippen LogP contribution in [0.15, 0.2) is 72.9 Å². The van der Waals surface area contributed by atoms with Crippen LogP contribution in [0.3, 0.4) is 0 Å². The van der Waals surface area contributed by atoms with Crippen molar-refractivity contribution >= 4 is 51.9 Å². The summed E-state index contributed by atoms with van der Waals surface area (Å²) >= 11 is 0. The number of benzene rings is 3. The highest BCUT2D eigenvalue weighted by molar-refractivity contribution is 6.35. The maximum atomic E-state index is 13.8. The van der Waals surface area contributed by atoms with E-state index in [9.17, 15) is 22.8 Å². The summed E-state index contributed by atoms with van der Waals surface area (Å²) in [6.45, 7) is 4.48. The van der Waals surface area contributed by atoms with Crippen LogP contribution < -0.4 is 20.9 Å². The number of halogens is 3. The summed E-state index contributed by atoms with van der Waals surface area (Å²) in [6.07, 6.45) is -1.01. The van der Waals surface area contributed by atoms with E-state index >= 15 is 0 Å². The van der Waals surface area contributed by atoms with Crippen molar-refractivity contribution < 1.29 is 22.8 Å². The molecule has 3 heterocycles. The van der Waals surface area contributed by atoms with E-state index in [1.807, 2.05) is 55.3 Å². The number of alkyl halides is 3. The average Bonchev–Trinajstić information content (AvgIpc) is 3.62. The van der Waals surface area contributed by atoms with Gasteiger partial charge in [-0.1, -0.05) is 12.1 Å². The second-order valence-electron chi connectivity index (χ2n) is 11.1. The van der Waals surface area contributed by atoms with Crippen LogP contribution in [0.1, 0.15) is 32.7 Å². The lowest BCUT2D eigenvalue weighted by molar-refractivity contribution is -0.137. The molecule has 4 aromatic rings. The third-order valence-electron chi connectivity index (χ3n) is 7.87. The van der Waals surface area contributed by atoms with Crippen LogP contribution >= 0.6 is 0 Å². The van der Waals surface area contributed by atoms with E-state index in [4.69, 9.17) is 0 Å². The van der Waals surface area contributed by atoms with Gasteiger partial charge in [0.05, 0.1) is 16.8 Å². The number of likely N-dealkylation sites (N-methyl/N-ethyl adjacent to an activating group) is 1. The number of fused-ring (bicyclic) bond motifs is 1. The number of hydrogen-bond acceptors (Lipinski definition) is 5. The van der Waals surface area contributed by atoms with Gasteiger partial charge in [0.15, 0.2) is 0 Å². The van der Waals surface area contributed by atoms with E-state index in [-0.39, 0.29) is 11.5 Å². The summed E-state index contributed by atoms with van der Waals surface area (Å²) in [5.74, 6) is -0.832. The van der Waals surface area contributed by atoms with E-state index in [2.05, 4.69) is 25.8 Å². The number of aromatic amines is 1. The normalized spacial score (nSPS) is 16.2. The highest BCUT2D eigenvalue weighted by atomic mass is 19.4. The lowest BCUT2D eigenvalue weighted by Crippen LogP contribution is -2.44. The van der Waals surface area contributed by atoms with E-state index in [0.717, 1.165) is 42.0 Å². The van der Waals surface area contributed by atoms with Crippen molar-refractivity contribution in [3.63, 3.8) is 0 Å². The second kappa shape index (κ2) is 11.6. The molecule has 2 amide bonds. The number of H-pyrrole nitrogens is 1. The summed E-state index contributed by atoms with van der Waals surface area (Å²) in [5.41, 5.74) is 4.98. The number of nitrogens with one attached hydrogen (secondary N) is 4. The van der Waals surface area contributed by atoms with Gasteiger partial charge in [-0.3, -0.25) is 9.59 Å². The molecule has 2 aliphatic rings. The predicted octanol–water partition coefficient (Wildman–Crippen LogP) is 6.58. The van der Waals surface area contributed by atoms with Gasteiger partial charge >= 0.3 is 6.18 Å². The summed E-state index contributed by atoms with van der Waals surface area (Å²) in [5, 5.41) is 8.99. The molecule has 0 radical (unpaired) electrons. The standard InChI is InChI=1S/C33H31F3N6O2/c1-20-5-6-25(39-31(43)21-14-22(33(34,35)36)16-26(15-21)42-12-10-41(2)11-13-42)18-29(20)38-24-7-8-27-28(17-23-4-3-9-37-23)32(44)40-30(27)19-24/h3-9,14-19,37-38H,10-13H2,1-2H3,(H,39,43)(H,40,44)/b28-17-. The van der Waals surface area contributed by atoms with Crippen LogP contribution in [0.25, 0.3) is 11.6 Å². The van der Waals surface area contributed by atoms with Gasteiger partial charge in [-0.15, -0.1) is 0 Å². The van der Waals surface area contributed by atoms with Gasteiger partial charge < -0.3 is 30.7 Å². The molecule has 226 valence electrons. The Labute approximate surface area is 252 Å². The molecule has 2 aliphatic heterocycles. The number of hydrogen-bond donors (Lipinski definition) is 4. The molecular weight excluding hydrogens is 569 g/mol. The fraction of sp³-hybridized carbons (Fsp3) is 0.212. The average molecular weight is 601 g/mol. The molecular formula is C33H31F3N6O2. The molecule has 6 rings (SSSR count). The van der Waals surface area contributed by atoms with Crippen molar-refractivity contribution in [2.45, 2.75) is 13.1 Å². The van der Waals surface area contributed by atoms with Crippen molar-refractivity contribution in [2.24, 2.45) is 0 Å². The Morgan fingerprint density at radius 3 is 2.45 bits per heavy atom. The van der Waals surface area contributed by atoms with Crippen molar-refractivity contribution in [3.05, 3.63) is 101 Å². The van der Waals surface area contributed by atoms with Crippen molar-refractivity contribution in [1.82, 2.24) is 9.88 Å². The molecule has 0 spiro atoms. The number of anilines is 5. The van der Waals surface area contributed by atoms with Crippen LogP contribution in [0.4, 0.5) is 41.6 Å². The molecule has 1 saturated heterocycles. The molecule has 44 heavy (non-hydrogen) atoms. The first-order valence-electron chi connectivity index (χ1n) is 14.2. The number of aryl methyl sites for hydroxylation is 1. The van der Waals surface area contributed by atoms with Crippen LogP contribution in [-0.4, -0.2) is 54.9 Å².